The van der Waals surface area contributed by atoms with Crippen LogP contribution in [0.3, 0.4) is 0 Å². The fourth-order valence-corrected chi connectivity index (χ4v) is 3.45. The lowest BCUT2D eigenvalue weighted by Crippen LogP contribution is -2.20. The van der Waals surface area contributed by atoms with Crippen LogP contribution in [0, 0.1) is 0 Å². The van der Waals surface area contributed by atoms with Gasteiger partial charge in [0.2, 0.25) is 0 Å². The molecule has 0 unspecified atom stereocenters. The predicted molar refractivity (Wildman–Crippen MR) is 79.2 cm³/mol. The summed E-state index contributed by atoms with van der Waals surface area (Å²) in [6, 6.07) is 1.87. The molecule has 0 radical (unpaired) electrons. The maximum atomic E-state index is 12.2. The van der Waals surface area contributed by atoms with Crippen LogP contribution < -0.4 is 5.56 Å². The van der Waals surface area contributed by atoms with E-state index < -0.39 is 0 Å². The van der Waals surface area contributed by atoms with Crippen molar-refractivity contribution < 1.29 is 0 Å². The van der Waals surface area contributed by atoms with Crippen molar-refractivity contribution in [2.24, 2.45) is 0 Å². The first kappa shape index (κ1) is 12.5. The SMILES string of the molecule is CC(C)c1nc(Cn2cnc3ccsc3c2=O)cs1. The Labute approximate surface area is 118 Å². The first-order valence-corrected chi connectivity index (χ1v) is 7.78. The second-order valence-electron chi connectivity index (χ2n) is 4.64. The highest BCUT2D eigenvalue weighted by Crippen LogP contribution is 2.19. The average molecular weight is 291 g/mol. The van der Waals surface area contributed by atoms with Gasteiger partial charge in [0.25, 0.3) is 5.56 Å². The van der Waals surface area contributed by atoms with Gasteiger partial charge in [0, 0.05) is 11.3 Å². The molecule has 3 rings (SSSR count). The molecule has 0 saturated carbocycles. The third kappa shape index (κ3) is 2.33. The summed E-state index contributed by atoms with van der Waals surface area (Å²) < 4.78 is 2.33. The lowest BCUT2D eigenvalue weighted by atomic mass is 10.2. The molecule has 0 aliphatic heterocycles. The first-order chi connectivity index (χ1) is 9.15. The number of thiophene rings is 1. The van der Waals surface area contributed by atoms with E-state index in [1.54, 1.807) is 22.2 Å². The number of fused-ring (bicyclic) bond motifs is 1. The van der Waals surface area contributed by atoms with Crippen molar-refractivity contribution in [2.45, 2.75) is 26.3 Å². The van der Waals surface area contributed by atoms with Gasteiger partial charge in [-0.3, -0.25) is 9.36 Å². The Morgan fingerprint density at radius 1 is 1.37 bits per heavy atom. The zero-order chi connectivity index (χ0) is 13.4. The number of rotatable bonds is 3. The molecule has 0 bridgehead atoms. The minimum Gasteiger partial charge on any atom is -0.292 e. The normalized spacial score (nSPS) is 11.5. The van der Waals surface area contributed by atoms with E-state index in [1.807, 2.05) is 16.8 Å². The van der Waals surface area contributed by atoms with Gasteiger partial charge in [0.15, 0.2) is 0 Å². The van der Waals surface area contributed by atoms with Crippen molar-refractivity contribution in [2.75, 3.05) is 0 Å². The number of aromatic nitrogens is 3. The lowest BCUT2D eigenvalue weighted by Gasteiger charge is -2.02. The average Bonchev–Trinajstić information content (AvgIpc) is 3.01. The van der Waals surface area contributed by atoms with Gasteiger partial charge in [-0.1, -0.05) is 13.8 Å². The molecule has 3 aromatic rings. The molecule has 0 amide bonds. The van der Waals surface area contributed by atoms with E-state index in [0.717, 1.165) is 16.2 Å². The molecule has 0 aromatic carbocycles. The molecular formula is C13H13N3OS2. The predicted octanol–water partition coefficient (Wildman–Crippen LogP) is 3.09. The third-order valence-corrected chi connectivity index (χ3v) is 4.92. The number of nitrogens with zero attached hydrogens (tertiary/aromatic N) is 3. The summed E-state index contributed by atoms with van der Waals surface area (Å²) >= 11 is 3.08. The number of thiazole rings is 1. The quantitative estimate of drug-likeness (QED) is 0.745. The molecule has 0 atom stereocenters. The largest absolute Gasteiger partial charge is 0.292 e. The molecule has 0 saturated heterocycles. The van der Waals surface area contributed by atoms with Crippen LogP contribution in [0.1, 0.15) is 30.5 Å². The molecule has 3 aromatic heterocycles. The summed E-state index contributed by atoms with van der Waals surface area (Å²) in [4.78, 5) is 21.1. The first-order valence-electron chi connectivity index (χ1n) is 6.02. The maximum absolute atomic E-state index is 12.2. The van der Waals surface area contributed by atoms with Crippen molar-refractivity contribution in [1.82, 2.24) is 14.5 Å². The topological polar surface area (TPSA) is 47.8 Å². The Bertz CT molecular complexity index is 769. The molecule has 0 fully saturated rings. The molecular weight excluding hydrogens is 278 g/mol. The van der Waals surface area contributed by atoms with Crippen molar-refractivity contribution in [3.05, 3.63) is 44.2 Å². The number of hydrogen-bond acceptors (Lipinski definition) is 5. The Hall–Kier alpha value is -1.53. The third-order valence-electron chi connectivity index (χ3n) is 2.83. The van der Waals surface area contributed by atoms with Crippen LogP contribution in [0.25, 0.3) is 10.2 Å². The van der Waals surface area contributed by atoms with Crippen molar-refractivity contribution in [3.8, 4) is 0 Å². The van der Waals surface area contributed by atoms with Crippen LogP contribution in [-0.4, -0.2) is 14.5 Å². The monoisotopic (exact) mass is 291 g/mol. The summed E-state index contributed by atoms with van der Waals surface area (Å²) in [7, 11) is 0. The van der Waals surface area contributed by atoms with E-state index in [0.29, 0.717) is 17.2 Å². The molecule has 4 nitrogen and oxygen atoms in total. The van der Waals surface area contributed by atoms with E-state index in [9.17, 15) is 4.79 Å². The second kappa shape index (κ2) is 4.86. The molecule has 0 aliphatic rings. The molecule has 6 heteroatoms. The summed E-state index contributed by atoms with van der Waals surface area (Å²) in [5, 5.41) is 5.01. The van der Waals surface area contributed by atoms with E-state index in [-0.39, 0.29) is 5.56 Å². The summed E-state index contributed by atoms with van der Waals surface area (Å²) in [6.45, 7) is 4.73. The molecule has 98 valence electrons. The lowest BCUT2D eigenvalue weighted by molar-refractivity contribution is 0.726. The van der Waals surface area contributed by atoms with Crippen LogP contribution in [0.4, 0.5) is 0 Å². The van der Waals surface area contributed by atoms with E-state index in [4.69, 9.17) is 0 Å². The maximum Gasteiger partial charge on any atom is 0.271 e. The molecule has 0 spiro atoms. The highest BCUT2D eigenvalue weighted by Gasteiger charge is 2.09. The minimum atomic E-state index is 0.0131. The van der Waals surface area contributed by atoms with Crippen molar-refractivity contribution in [3.63, 3.8) is 0 Å². The van der Waals surface area contributed by atoms with Gasteiger partial charge < -0.3 is 0 Å². The van der Waals surface area contributed by atoms with Crippen LogP contribution in [0.2, 0.25) is 0 Å². The van der Waals surface area contributed by atoms with Crippen molar-refractivity contribution >= 4 is 32.9 Å². The highest BCUT2D eigenvalue weighted by atomic mass is 32.1. The smallest absolute Gasteiger partial charge is 0.271 e. The zero-order valence-corrected chi connectivity index (χ0v) is 12.3. The summed E-state index contributed by atoms with van der Waals surface area (Å²) in [5.74, 6) is 0.424. The molecule has 19 heavy (non-hydrogen) atoms. The Morgan fingerprint density at radius 3 is 2.95 bits per heavy atom. The van der Waals surface area contributed by atoms with Crippen molar-refractivity contribution in [1.29, 1.82) is 0 Å². The van der Waals surface area contributed by atoms with Gasteiger partial charge >= 0.3 is 0 Å². The number of hydrogen-bond donors (Lipinski definition) is 0. The van der Waals surface area contributed by atoms with Gasteiger partial charge in [0.05, 0.1) is 29.1 Å². The summed E-state index contributed by atoms with van der Waals surface area (Å²) in [5.41, 5.74) is 1.71. The zero-order valence-electron chi connectivity index (χ0n) is 10.7. The summed E-state index contributed by atoms with van der Waals surface area (Å²) in [6.07, 6.45) is 1.60. The standard InChI is InChI=1S/C13H13N3OS2/c1-8(2)12-15-9(6-19-12)5-16-7-14-10-3-4-18-11(10)13(16)17/h3-4,6-8H,5H2,1-2H3. The van der Waals surface area contributed by atoms with E-state index in [1.165, 1.54) is 11.3 Å². The van der Waals surface area contributed by atoms with Crippen LogP contribution >= 0.6 is 22.7 Å². The van der Waals surface area contributed by atoms with Gasteiger partial charge in [0.1, 0.15) is 4.70 Å². The van der Waals surface area contributed by atoms with Gasteiger partial charge in [-0.15, -0.1) is 22.7 Å². The van der Waals surface area contributed by atoms with Crippen LogP contribution in [-0.2, 0) is 6.54 Å². The Kier molecular flexibility index (Phi) is 3.20. The van der Waals surface area contributed by atoms with Crippen LogP contribution in [0.15, 0.2) is 27.9 Å². The van der Waals surface area contributed by atoms with Gasteiger partial charge in [-0.05, 0) is 11.4 Å². The second-order valence-corrected chi connectivity index (χ2v) is 6.45. The van der Waals surface area contributed by atoms with Crippen LogP contribution in [0.5, 0.6) is 0 Å². The minimum absolute atomic E-state index is 0.0131. The van der Waals surface area contributed by atoms with Gasteiger partial charge in [-0.25, -0.2) is 9.97 Å². The molecule has 3 heterocycles. The van der Waals surface area contributed by atoms with Gasteiger partial charge in [-0.2, -0.15) is 0 Å². The molecule has 0 aliphatic carbocycles. The Balaban J connectivity index is 1.96. The fourth-order valence-electron chi connectivity index (χ4n) is 1.83. The molecule has 0 N–H and O–H groups in total. The fraction of sp³-hybridized carbons (Fsp3) is 0.308. The Morgan fingerprint density at radius 2 is 2.21 bits per heavy atom. The van der Waals surface area contributed by atoms with E-state index >= 15 is 0 Å². The van der Waals surface area contributed by atoms with E-state index in [2.05, 4.69) is 23.8 Å². The highest BCUT2D eigenvalue weighted by molar-refractivity contribution is 7.17.